The second-order valence-corrected chi connectivity index (χ2v) is 5.73. The summed E-state index contributed by atoms with van der Waals surface area (Å²) >= 11 is 0. The maximum absolute atomic E-state index is 5.68. The van der Waals surface area contributed by atoms with E-state index >= 15 is 0 Å². The summed E-state index contributed by atoms with van der Waals surface area (Å²) in [5, 5.41) is 0. The molecule has 0 saturated carbocycles. The van der Waals surface area contributed by atoms with Gasteiger partial charge in [-0.2, -0.15) is 0 Å². The SMILES string of the molecule is Cc1ccc(C)c(N2CCOCCOCCOCCOCC2)c1. The normalized spacial score (nSPS) is 19.8. The highest BCUT2D eigenvalue weighted by molar-refractivity contribution is 5.54. The molecule has 5 heteroatoms. The quantitative estimate of drug-likeness (QED) is 0.792. The third-order valence-corrected chi connectivity index (χ3v) is 3.83. The average Bonchev–Trinajstić information content (AvgIpc) is 2.56. The van der Waals surface area contributed by atoms with E-state index in [0.29, 0.717) is 52.9 Å². The largest absolute Gasteiger partial charge is 0.377 e. The molecule has 0 atom stereocenters. The van der Waals surface area contributed by atoms with Crippen molar-refractivity contribution < 1.29 is 18.9 Å². The Morgan fingerprint density at radius 1 is 0.696 bits per heavy atom. The van der Waals surface area contributed by atoms with Gasteiger partial charge in [0.25, 0.3) is 0 Å². The van der Waals surface area contributed by atoms with Gasteiger partial charge in [-0.05, 0) is 31.0 Å². The zero-order valence-corrected chi connectivity index (χ0v) is 14.4. The zero-order chi connectivity index (χ0) is 16.3. The third-order valence-electron chi connectivity index (χ3n) is 3.83. The maximum atomic E-state index is 5.68. The van der Waals surface area contributed by atoms with Gasteiger partial charge in [-0.25, -0.2) is 0 Å². The Labute approximate surface area is 139 Å². The molecule has 0 amide bonds. The predicted octanol–water partition coefficient (Wildman–Crippen LogP) is 2.19. The Balaban J connectivity index is 1.95. The monoisotopic (exact) mass is 323 g/mol. The van der Waals surface area contributed by atoms with Crippen molar-refractivity contribution in [2.45, 2.75) is 13.8 Å². The number of nitrogens with zero attached hydrogens (tertiary/aromatic N) is 1. The maximum Gasteiger partial charge on any atom is 0.0701 e. The van der Waals surface area contributed by atoms with Crippen LogP contribution in [0.5, 0.6) is 0 Å². The molecular weight excluding hydrogens is 294 g/mol. The molecule has 130 valence electrons. The molecule has 2 rings (SSSR count). The van der Waals surface area contributed by atoms with Gasteiger partial charge in [0.1, 0.15) is 0 Å². The Bertz CT molecular complexity index is 437. The van der Waals surface area contributed by atoms with Gasteiger partial charge in [0.2, 0.25) is 0 Å². The molecule has 0 N–H and O–H groups in total. The lowest BCUT2D eigenvalue weighted by atomic mass is 10.1. The van der Waals surface area contributed by atoms with Crippen LogP contribution in [-0.4, -0.2) is 65.9 Å². The van der Waals surface area contributed by atoms with Gasteiger partial charge in [0, 0.05) is 18.8 Å². The molecule has 1 aliphatic rings. The van der Waals surface area contributed by atoms with E-state index < -0.39 is 0 Å². The molecule has 0 bridgehead atoms. The van der Waals surface area contributed by atoms with Crippen LogP contribution in [0, 0.1) is 13.8 Å². The van der Waals surface area contributed by atoms with E-state index in [-0.39, 0.29) is 0 Å². The van der Waals surface area contributed by atoms with Crippen molar-refractivity contribution in [3.8, 4) is 0 Å². The molecule has 0 spiro atoms. The molecule has 1 heterocycles. The average molecular weight is 323 g/mol. The second-order valence-electron chi connectivity index (χ2n) is 5.73. The van der Waals surface area contributed by atoms with Crippen LogP contribution >= 0.6 is 0 Å². The van der Waals surface area contributed by atoms with E-state index in [1.54, 1.807) is 0 Å². The van der Waals surface area contributed by atoms with Gasteiger partial charge in [-0.15, -0.1) is 0 Å². The summed E-state index contributed by atoms with van der Waals surface area (Å²) in [6, 6.07) is 6.55. The van der Waals surface area contributed by atoms with Gasteiger partial charge in [0.15, 0.2) is 0 Å². The summed E-state index contributed by atoms with van der Waals surface area (Å²) in [5.41, 5.74) is 3.80. The van der Waals surface area contributed by atoms with E-state index in [2.05, 4.69) is 36.9 Å². The number of rotatable bonds is 1. The first-order valence-electron chi connectivity index (χ1n) is 8.40. The summed E-state index contributed by atoms with van der Waals surface area (Å²) < 4.78 is 22.3. The molecule has 1 aliphatic heterocycles. The molecule has 1 saturated heterocycles. The summed E-state index contributed by atoms with van der Waals surface area (Å²) in [6.07, 6.45) is 0. The first-order valence-corrected chi connectivity index (χ1v) is 8.40. The Morgan fingerprint density at radius 2 is 1.17 bits per heavy atom. The lowest BCUT2D eigenvalue weighted by Gasteiger charge is -2.27. The number of aryl methyl sites for hydroxylation is 2. The molecule has 0 radical (unpaired) electrons. The molecular formula is C18H29NO4. The summed E-state index contributed by atoms with van der Waals surface area (Å²) in [4.78, 5) is 2.34. The molecule has 0 aliphatic carbocycles. The van der Waals surface area contributed by atoms with Gasteiger partial charge in [0.05, 0.1) is 52.9 Å². The fourth-order valence-electron chi connectivity index (χ4n) is 2.52. The molecule has 1 aromatic carbocycles. The van der Waals surface area contributed by atoms with E-state index in [4.69, 9.17) is 18.9 Å². The molecule has 23 heavy (non-hydrogen) atoms. The number of benzene rings is 1. The molecule has 0 aromatic heterocycles. The van der Waals surface area contributed by atoms with Crippen LogP contribution in [0.2, 0.25) is 0 Å². The van der Waals surface area contributed by atoms with Crippen LogP contribution in [0.3, 0.4) is 0 Å². The smallest absolute Gasteiger partial charge is 0.0701 e. The van der Waals surface area contributed by atoms with Crippen molar-refractivity contribution in [1.29, 1.82) is 0 Å². The fraction of sp³-hybridized carbons (Fsp3) is 0.667. The second kappa shape index (κ2) is 10.6. The van der Waals surface area contributed by atoms with Gasteiger partial charge in [-0.1, -0.05) is 12.1 Å². The minimum Gasteiger partial charge on any atom is -0.377 e. The van der Waals surface area contributed by atoms with Crippen molar-refractivity contribution in [1.82, 2.24) is 0 Å². The lowest BCUT2D eigenvalue weighted by Crippen LogP contribution is -2.32. The Hall–Kier alpha value is -1.14. The van der Waals surface area contributed by atoms with Crippen LogP contribution in [0.1, 0.15) is 11.1 Å². The highest BCUT2D eigenvalue weighted by atomic mass is 16.6. The molecule has 1 aromatic rings. The van der Waals surface area contributed by atoms with Crippen LogP contribution in [-0.2, 0) is 18.9 Å². The standard InChI is InChI=1S/C18H29NO4/c1-16-3-4-17(2)18(15-16)19-5-7-20-9-11-22-13-14-23-12-10-21-8-6-19/h3-4,15H,5-14H2,1-2H3. The van der Waals surface area contributed by atoms with Crippen molar-refractivity contribution in [2.24, 2.45) is 0 Å². The Kier molecular flexibility index (Phi) is 8.39. The van der Waals surface area contributed by atoms with Crippen LogP contribution in [0.4, 0.5) is 5.69 Å². The summed E-state index contributed by atoms with van der Waals surface area (Å²) in [7, 11) is 0. The van der Waals surface area contributed by atoms with E-state index in [1.165, 1.54) is 16.8 Å². The highest BCUT2D eigenvalue weighted by Gasteiger charge is 2.10. The minimum atomic E-state index is 0.609. The molecule has 5 nitrogen and oxygen atoms in total. The van der Waals surface area contributed by atoms with Gasteiger partial charge < -0.3 is 23.8 Å². The first kappa shape index (κ1) is 18.2. The van der Waals surface area contributed by atoms with Crippen LogP contribution < -0.4 is 4.90 Å². The van der Waals surface area contributed by atoms with Crippen molar-refractivity contribution in [2.75, 3.05) is 70.8 Å². The Morgan fingerprint density at radius 3 is 1.70 bits per heavy atom. The highest BCUT2D eigenvalue weighted by Crippen LogP contribution is 2.21. The predicted molar refractivity (Wildman–Crippen MR) is 91.4 cm³/mol. The van der Waals surface area contributed by atoms with Crippen molar-refractivity contribution in [3.05, 3.63) is 29.3 Å². The van der Waals surface area contributed by atoms with Gasteiger partial charge in [-0.3, -0.25) is 0 Å². The number of ether oxygens (including phenoxy) is 4. The lowest BCUT2D eigenvalue weighted by molar-refractivity contribution is 0.00206. The minimum absolute atomic E-state index is 0.609. The number of hydrogen-bond donors (Lipinski definition) is 0. The van der Waals surface area contributed by atoms with Gasteiger partial charge >= 0.3 is 0 Å². The van der Waals surface area contributed by atoms with Crippen molar-refractivity contribution >= 4 is 5.69 Å². The summed E-state index contributed by atoms with van der Waals surface area (Å²) in [5.74, 6) is 0. The summed E-state index contributed by atoms with van der Waals surface area (Å²) in [6.45, 7) is 11.0. The van der Waals surface area contributed by atoms with Crippen molar-refractivity contribution in [3.63, 3.8) is 0 Å². The van der Waals surface area contributed by atoms with E-state index in [9.17, 15) is 0 Å². The van der Waals surface area contributed by atoms with Crippen LogP contribution in [0.25, 0.3) is 0 Å². The van der Waals surface area contributed by atoms with E-state index in [1.807, 2.05) is 0 Å². The first-order chi connectivity index (χ1) is 11.3. The number of anilines is 1. The molecule has 0 unspecified atom stereocenters. The zero-order valence-electron chi connectivity index (χ0n) is 14.4. The van der Waals surface area contributed by atoms with Crippen LogP contribution in [0.15, 0.2) is 18.2 Å². The fourth-order valence-corrected chi connectivity index (χ4v) is 2.52. The third kappa shape index (κ3) is 6.87. The topological polar surface area (TPSA) is 40.2 Å². The molecule has 1 fully saturated rings. The number of hydrogen-bond acceptors (Lipinski definition) is 5. The van der Waals surface area contributed by atoms with E-state index in [0.717, 1.165) is 13.1 Å².